The highest BCUT2D eigenvalue weighted by Gasteiger charge is 1.94. The van der Waals surface area contributed by atoms with Gasteiger partial charge in [0.2, 0.25) is 0 Å². The van der Waals surface area contributed by atoms with Gasteiger partial charge < -0.3 is 4.74 Å². The van der Waals surface area contributed by atoms with E-state index in [9.17, 15) is 0 Å². The third kappa shape index (κ3) is 3.53. The molecule has 0 saturated heterocycles. The number of hydrogen-bond donors (Lipinski definition) is 0. The zero-order chi connectivity index (χ0) is 10.2. The third-order valence-corrected chi connectivity index (χ3v) is 2.04. The van der Waals surface area contributed by atoms with Crippen LogP contribution >= 0.6 is 0 Å². The molecule has 0 aliphatic rings. The highest BCUT2D eigenvalue weighted by Crippen LogP contribution is 2.13. The molecule has 0 aromatic heterocycles. The molecular weight excluding hydrogens is 172 g/mol. The summed E-state index contributed by atoms with van der Waals surface area (Å²) in [4.78, 5) is 0. The average molecular weight is 188 g/mol. The maximum atomic E-state index is 5.56. The zero-order valence-electron chi connectivity index (χ0n) is 8.62. The Kier molecular flexibility index (Phi) is 4.64. The predicted octanol–water partition coefficient (Wildman–Crippen LogP) is 3.04. The van der Waals surface area contributed by atoms with E-state index in [0.717, 1.165) is 25.0 Å². The van der Waals surface area contributed by atoms with Crippen LogP contribution in [0.1, 0.15) is 25.3 Å². The number of aryl methyl sites for hydroxylation is 1. The fourth-order valence-electron chi connectivity index (χ4n) is 1.22. The largest absolute Gasteiger partial charge is 0.494 e. The minimum atomic E-state index is 0.706. The Morgan fingerprint density at radius 1 is 1.43 bits per heavy atom. The number of ether oxygens (including phenoxy) is 1. The minimum absolute atomic E-state index is 0.706. The van der Waals surface area contributed by atoms with Gasteiger partial charge in [0.05, 0.1) is 6.61 Å². The van der Waals surface area contributed by atoms with Gasteiger partial charge >= 0.3 is 0 Å². The van der Waals surface area contributed by atoms with Gasteiger partial charge in [0, 0.05) is 6.42 Å². The van der Waals surface area contributed by atoms with E-state index in [4.69, 9.17) is 11.2 Å². The van der Waals surface area contributed by atoms with Crippen molar-refractivity contribution in [2.24, 2.45) is 0 Å². The molecule has 0 atom stereocenters. The Labute approximate surface area is 86.1 Å². The van der Waals surface area contributed by atoms with Crippen molar-refractivity contribution < 1.29 is 4.74 Å². The molecule has 0 heterocycles. The molecule has 1 rings (SSSR count). The normalized spacial score (nSPS) is 9.43. The van der Waals surface area contributed by atoms with Crippen molar-refractivity contribution >= 4 is 0 Å². The SMILES string of the molecule is C#CCCCOc1cccc(CC)c1. The smallest absolute Gasteiger partial charge is 0.119 e. The van der Waals surface area contributed by atoms with Gasteiger partial charge in [-0.25, -0.2) is 0 Å². The van der Waals surface area contributed by atoms with Crippen LogP contribution in [0.5, 0.6) is 5.75 Å². The lowest BCUT2D eigenvalue weighted by Crippen LogP contribution is -1.96. The molecular formula is C13H16O. The van der Waals surface area contributed by atoms with Crippen LogP contribution in [0, 0.1) is 12.3 Å². The summed E-state index contributed by atoms with van der Waals surface area (Å²) in [5.41, 5.74) is 1.31. The maximum Gasteiger partial charge on any atom is 0.119 e. The molecule has 1 aromatic carbocycles. The number of rotatable bonds is 5. The van der Waals surface area contributed by atoms with Crippen LogP contribution in [0.25, 0.3) is 0 Å². The first-order valence-corrected chi connectivity index (χ1v) is 5.02. The van der Waals surface area contributed by atoms with Gasteiger partial charge in [0.15, 0.2) is 0 Å². The average Bonchev–Trinajstić information content (AvgIpc) is 2.25. The number of hydrogen-bond acceptors (Lipinski definition) is 1. The summed E-state index contributed by atoms with van der Waals surface area (Å²) < 4.78 is 5.56. The van der Waals surface area contributed by atoms with E-state index in [0.29, 0.717) is 6.61 Å². The lowest BCUT2D eigenvalue weighted by molar-refractivity contribution is 0.312. The summed E-state index contributed by atoms with van der Waals surface area (Å²) >= 11 is 0. The van der Waals surface area contributed by atoms with Crippen molar-refractivity contribution in [1.82, 2.24) is 0 Å². The van der Waals surface area contributed by atoms with E-state index >= 15 is 0 Å². The first-order valence-electron chi connectivity index (χ1n) is 5.02. The van der Waals surface area contributed by atoms with Gasteiger partial charge in [0.1, 0.15) is 5.75 Å². The number of terminal acetylenes is 1. The molecule has 0 amide bonds. The second kappa shape index (κ2) is 6.10. The molecule has 0 saturated carbocycles. The maximum absolute atomic E-state index is 5.56. The van der Waals surface area contributed by atoms with Crippen molar-refractivity contribution in [3.63, 3.8) is 0 Å². The monoisotopic (exact) mass is 188 g/mol. The number of unbranched alkanes of at least 4 members (excludes halogenated alkanes) is 1. The summed E-state index contributed by atoms with van der Waals surface area (Å²) in [5, 5.41) is 0. The molecule has 14 heavy (non-hydrogen) atoms. The minimum Gasteiger partial charge on any atom is -0.494 e. The van der Waals surface area contributed by atoms with Crippen molar-refractivity contribution in [2.75, 3.05) is 6.61 Å². The molecule has 0 spiro atoms. The molecule has 0 aliphatic heterocycles. The van der Waals surface area contributed by atoms with Crippen molar-refractivity contribution in [1.29, 1.82) is 0 Å². The Balaban J connectivity index is 2.39. The van der Waals surface area contributed by atoms with E-state index in [2.05, 4.69) is 25.0 Å². The highest BCUT2D eigenvalue weighted by atomic mass is 16.5. The molecule has 0 radical (unpaired) electrons. The van der Waals surface area contributed by atoms with Crippen LogP contribution in [-0.4, -0.2) is 6.61 Å². The van der Waals surface area contributed by atoms with Crippen LogP contribution in [0.2, 0.25) is 0 Å². The van der Waals surface area contributed by atoms with Crippen LogP contribution in [0.3, 0.4) is 0 Å². The highest BCUT2D eigenvalue weighted by molar-refractivity contribution is 5.28. The fraction of sp³-hybridized carbons (Fsp3) is 0.385. The molecule has 1 aromatic rings. The second-order valence-corrected chi connectivity index (χ2v) is 3.16. The Morgan fingerprint density at radius 3 is 3.00 bits per heavy atom. The molecule has 0 fully saturated rings. The molecule has 0 bridgehead atoms. The van der Waals surface area contributed by atoms with E-state index in [1.807, 2.05) is 12.1 Å². The van der Waals surface area contributed by atoms with Gasteiger partial charge in [-0.15, -0.1) is 12.3 Å². The Hall–Kier alpha value is -1.42. The van der Waals surface area contributed by atoms with Gasteiger partial charge in [-0.3, -0.25) is 0 Å². The first-order chi connectivity index (χ1) is 6.86. The van der Waals surface area contributed by atoms with Crippen LogP contribution in [0.15, 0.2) is 24.3 Å². The van der Waals surface area contributed by atoms with Crippen LogP contribution in [0.4, 0.5) is 0 Å². The topological polar surface area (TPSA) is 9.23 Å². The fourth-order valence-corrected chi connectivity index (χ4v) is 1.22. The van der Waals surface area contributed by atoms with Crippen molar-refractivity contribution in [3.05, 3.63) is 29.8 Å². The van der Waals surface area contributed by atoms with Crippen molar-refractivity contribution in [3.8, 4) is 18.1 Å². The molecule has 1 nitrogen and oxygen atoms in total. The zero-order valence-corrected chi connectivity index (χ0v) is 8.62. The number of benzene rings is 1. The van der Waals surface area contributed by atoms with E-state index < -0.39 is 0 Å². The van der Waals surface area contributed by atoms with Crippen LogP contribution in [-0.2, 0) is 6.42 Å². The molecule has 1 heteroatoms. The summed E-state index contributed by atoms with van der Waals surface area (Å²) in [6, 6.07) is 8.19. The predicted molar refractivity (Wildman–Crippen MR) is 59.4 cm³/mol. The molecule has 74 valence electrons. The van der Waals surface area contributed by atoms with E-state index in [-0.39, 0.29) is 0 Å². The molecule has 0 unspecified atom stereocenters. The summed E-state index contributed by atoms with van der Waals surface area (Å²) in [7, 11) is 0. The third-order valence-electron chi connectivity index (χ3n) is 2.04. The standard InChI is InChI=1S/C13H16O/c1-3-5-6-10-14-13-9-7-8-12(4-2)11-13/h1,7-9,11H,4-6,10H2,2H3. The van der Waals surface area contributed by atoms with Gasteiger partial charge in [-0.05, 0) is 30.5 Å². The lowest BCUT2D eigenvalue weighted by atomic mass is 10.2. The van der Waals surface area contributed by atoms with Crippen LogP contribution < -0.4 is 4.74 Å². The van der Waals surface area contributed by atoms with E-state index in [1.165, 1.54) is 5.56 Å². The van der Waals surface area contributed by atoms with Crippen molar-refractivity contribution in [2.45, 2.75) is 26.2 Å². The quantitative estimate of drug-likeness (QED) is 0.510. The van der Waals surface area contributed by atoms with Gasteiger partial charge in [-0.2, -0.15) is 0 Å². The molecule has 0 N–H and O–H groups in total. The van der Waals surface area contributed by atoms with Gasteiger partial charge in [-0.1, -0.05) is 19.1 Å². The second-order valence-electron chi connectivity index (χ2n) is 3.16. The summed E-state index contributed by atoms with van der Waals surface area (Å²) in [5.74, 6) is 3.54. The van der Waals surface area contributed by atoms with E-state index in [1.54, 1.807) is 0 Å². The Bertz CT molecular complexity index is 309. The summed E-state index contributed by atoms with van der Waals surface area (Å²) in [6.45, 7) is 2.84. The summed E-state index contributed by atoms with van der Waals surface area (Å²) in [6.07, 6.45) is 7.90. The van der Waals surface area contributed by atoms with Gasteiger partial charge in [0.25, 0.3) is 0 Å². The molecule has 0 aliphatic carbocycles. The Morgan fingerprint density at radius 2 is 2.29 bits per heavy atom. The first kappa shape index (κ1) is 10.7. The lowest BCUT2D eigenvalue weighted by Gasteiger charge is -2.05.